The predicted molar refractivity (Wildman–Crippen MR) is 107 cm³/mol. The van der Waals surface area contributed by atoms with Crippen molar-refractivity contribution in [2.75, 3.05) is 0 Å². The van der Waals surface area contributed by atoms with Crippen LogP contribution in [0.1, 0.15) is 0 Å². The van der Waals surface area contributed by atoms with Crippen molar-refractivity contribution in [2.24, 2.45) is 0 Å². The smallest absolute Gasteiger partial charge is 0.227 e. The highest BCUT2D eigenvalue weighted by molar-refractivity contribution is 7.80. The molecule has 0 aliphatic carbocycles. The third kappa shape index (κ3) is 2.67. The van der Waals surface area contributed by atoms with Crippen LogP contribution in [0.15, 0.2) is 79.3 Å². The Morgan fingerprint density at radius 2 is 1.00 bits per heavy atom. The van der Waals surface area contributed by atoms with E-state index in [0.717, 1.165) is 43.1 Å². The number of hydrogen-bond donors (Lipinski definition) is 2. The van der Waals surface area contributed by atoms with Crippen molar-refractivity contribution in [3.05, 3.63) is 60.7 Å². The van der Waals surface area contributed by atoms with Crippen LogP contribution in [0.5, 0.6) is 0 Å². The van der Waals surface area contributed by atoms with E-state index in [4.69, 9.17) is 8.83 Å². The summed E-state index contributed by atoms with van der Waals surface area (Å²) in [5, 5.41) is 0. The molecule has 0 saturated carbocycles. The summed E-state index contributed by atoms with van der Waals surface area (Å²) in [6.07, 6.45) is 0. The Morgan fingerprint density at radius 1 is 0.577 bits per heavy atom. The first-order valence-corrected chi connectivity index (χ1v) is 8.85. The van der Waals surface area contributed by atoms with Gasteiger partial charge in [-0.2, -0.15) is 0 Å². The van der Waals surface area contributed by atoms with Crippen molar-refractivity contribution in [1.29, 1.82) is 0 Å². The maximum atomic E-state index is 5.83. The average Bonchev–Trinajstić information content (AvgIpc) is 3.25. The second-order valence-corrected chi connectivity index (χ2v) is 6.95. The Labute approximate surface area is 159 Å². The Balaban J connectivity index is 1.52. The molecule has 0 bridgehead atoms. The minimum absolute atomic E-state index is 0.572. The zero-order valence-electron chi connectivity index (χ0n) is 13.4. The average molecular weight is 376 g/mol. The third-order valence-electron chi connectivity index (χ3n) is 4.12. The molecule has 126 valence electrons. The molecule has 0 saturated heterocycles. The number of fused-ring (bicyclic) bond motifs is 2. The molecule has 2 heterocycles. The van der Waals surface area contributed by atoms with Gasteiger partial charge in [-0.25, -0.2) is 9.97 Å². The summed E-state index contributed by atoms with van der Waals surface area (Å²) in [5.74, 6) is 1.14. The molecule has 0 amide bonds. The number of rotatable bonds is 2. The molecule has 0 aliphatic rings. The molecule has 6 heteroatoms. The number of aromatic nitrogens is 2. The van der Waals surface area contributed by atoms with E-state index in [1.807, 2.05) is 60.7 Å². The van der Waals surface area contributed by atoms with E-state index in [9.17, 15) is 0 Å². The first-order chi connectivity index (χ1) is 12.7. The molecule has 5 aromatic rings. The van der Waals surface area contributed by atoms with Crippen molar-refractivity contribution in [1.82, 2.24) is 9.97 Å². The van der Waals surface area contributed by atoms with E-state index in [1.165, 1.54) is 0 Å². The normalized spacial score (nSPS) is 11.5. The van der Waals surface area contributed by atoms with Crippen molar-refractivity contribution in [3.8, 4) is 22.9 Å². The molecule has 0 fully saturated rings. The molecule has 0 unspecified atom stereocenters. The number of hydrogen-bond acceptors (Lipinski definition) is 6. The summed E-state index contributed by atoms with van der Waals surface area (Å²) in [4.78, 5) is 10.7. The minimum Gasteiger partial charge on any atom is -0.436 e. The van der Waals surface area contributed by atoms with Crippen LogP contribution in [0.2, 0.25) is 0 Å². The quantitative estimate of drug-likeness (QED) is 0.378. The van der Waals surface area contributed by atoms with Gasteiger partial charge in [0.2, 0.25) is 11.8 Å². The van der Waals surface area contributed by atoms with Crippen LogP contribution >= 0.6 is 25.3 Å². The second-order valence-electron chi connectivity index (χ2n) is 5.92. The van der Waals surface area contributed by atoms with Crippen LogP contribution in [-0.2, 0) is 0 Å². The second kappa shape index (κ2) is 5.93. The van der Waals surface area contributed by atoms with Crippen LogP contribution in [-0.4, -0.2) is 9.97 Å². The molecule has 0 N–H and O–H groups in total. The Morgan fingerprint density at radius 3 is 1.42 bits per heavy atom. The monoisotopic (exact) mass is 376 g/mol. The molecule has 0 radical (unpaired) electrons. The molecule has 5 rings (SSSR count). The van der Waals surface area contributed by atoms with Gasteiger partial charge in [-0.3, -0.25) is 0 Å². The van der Waals surface area contributed by atoms with E-state index >= 15 is 0 Å². The molecule has 26 heavy (non-hydrogen) atoms. The van der Waals surface area contributed by atoms with Crippen molar-refractivity contribution < 1.29 is 8.83 Å². The first kappa shape index (κ1) is 15.5. The lowest BCUT2D eigenvalue weighted by atomic mass is 10.1. The lowest BCUT2D eigenvalue weighted by Gasteiger charge is -1.97. The zero-order chi connectivity index (χ0) is 17.7. The molecule has 2 aromatic heterocycles. The fraction of sp³-hybridized carbons (Fsp3) is 0. The third-order valence-corrected chi connectivity index (χ3v) is 4.68. The van der Waals surface area contributed by atoms with E-state index in [-0.39, 0.29) is 0 Å². The molecule has 0 atom stereocenters. The van der Waals surface area contributed by atoms with Crippen LogP contribution in [0.3, 0.4) is 0 Å². The molecule has 3 aromatic carbocycles. The standard InChI is InChI=1S/C20H12N2O2S2/c25-13-5-7-15-17(9-13)23-19(21-15)11-1-2-12(4-3-11)20-22-16-8-6-14(26)10-18(16)24-20/h1-10,25-26H. The van der Waals surface area contributed by atoms with Crippen molar-refractivity contribution in [2.45, 2.75) is 9.79 Å². The summed E-state index contributed by atoms with van der Waals surface area (Å²) in [5.41, 5.74) is 4.83. The minimum atomic E-state index is 0.572. The predicted octanol–water partition coefficient (Wildman–Crippen LogP) is 5.88. The molecular weight excluding hydrogens is 364 g/mol. The van der Waals surface area contributed by atoms with Gasteiger partial charge in [-0.05, 0) is 60.7 Å². The van der Waals surface area contributed by atoms with Gasteiger partial charge in [0.1, 0.15) is 11.0 Å². The van der Waals surface area contributed by atoms with Crippen LogP contribution in [0, 0.1) is 0 Å². The van der Waals surface area contributed by atoms with Crippen molar-refractivity contribution >= 4 is 47.5 Å². The van der Waals surface area contributed by atoms with Crippen molar-refractivity contribution in [3.63, 3.8) is 0 Å². The van der Waals surface area contributed by atoms with Crippen LogP contribution in [0.4, 0.5) is 0 Å². The molecular formula is C20H12N2O2S2. The Hall–Kier alpha value is -2.70. The summed E-state index contributed by atoms with van der Waals surface area (Å²) in [6.45, 7) is 0. The Bertz CT molecular complexity index is 1160. The van der Waals surface area contributed by atoms with E-state index < -0.39 is 0 Å². The summed E-state index contributed by atoms with van der Waals surface area (Å²) < 4.78 is 11.7. The lowest BCUT2D eigenvalue weighted by Crippen LogP contribution is -1.80. The van der Waals surface area contributed by atoms with E-state index in [2.05, 4.69) is 35.2 Å². The fourth-order valence-electron chi connectivity index (χ4n) is 2.83. The lowest BCUT2D eigenvalue weighted by molar-refractivity contribution is 0.617. The number of thiol groups is 2. The highest BCUT2D eigenvalue weighted by Crippen LogP contribution is 2.29. The van der Waals surface area contributed by atoms with E-state index in [0.29, 0.717) is 11.8 Å². The Kier molecular flexibility index (Phi) is 3.55. The van der Waals surface area contributed by atoms with Crippen LogP contribution in [0.25, 0.3) is 45.1 Å². The highest BCUT2D eigenvalue weighted by atomic mass is 32.1. The maximum Gasteiger partial charge on any atom is 0.227 e. The highest BCUT2D eigenvalue weighted by Gasteiger charge is 2.11. The largest absolute Gasteiger partial charge is 0.436 e. The number of oxazole rings is 2. The van der Waals surface area contributed by atoms with Gasteiger partial charge in [0, 0.05) is 20.9 Å². The molecule has 0 spiro atoms. The molecule has 4 nitrogen and oxygen atoms in total. The summed E-state index contributed by atoms with van der Waals surface area (Å²) in [7, 11) is 0. The van der Waals surface area contributed by atoms with Gasteiger partial charge < -0.3 is 8.83 Å². The van der Waals surface area contributed by atoms with E-state index in [1.54, 1.807) is 0 Å². The molecule has 0 aliphatic heterocycles. The fourth-order valence-corrected chi connectivity index (χ4v) is 3.21. The SMILES string of the molecule is Sc1ccc2nc(-c3ccc(-c4nc5ccc(S)cc5o4)cc3)oc2c1. The van der Waals surface area contributed by atoms with Gasteiger partial charge in [0.05, 0.1) is 0 Å². The topological polar surface area (TPSA) is 52.1 Å². The summed E-state index contributed by atoms with van der Waals surface area (Å²) in [6, 6.07) is 19.1. The van der Waals surface area contributed by atoms with Gasteiger partial charge in [0.15, 0.2) is 11.2 Å². The zero-order valence-corrected chi connectivity index (χ0v) is 15.2. The maximum absolute atomic E-state index is 5.83. The van der Waals surface area contributed by atoms with Gasteiger partial charge in [-0.15, -0.1) is 25.3 Å². The number of benzene rings is 3. The van der Waals surface area contributed by atoms with Gasteiger partial charge >= 0.3 is 0 Å². The first-order valence-electron chi connectivity index (χ1n) is 7.96. The van der Waals surface area contributed by atoms with Crippen LogP contribution < -0.4 is 0 Å². The summed E-state index contributed by atoms with van der Waals surface area (Å²) >= 11 is 8.66. The van der Waals surface area contributed by atoms with Gasteiger partial charge in [0.25, 0.3) is 0 Å². The number of nitrogens with zero attached hydrogens (tertiary/aromatic N) is 2. The van der Waals surface area contributed by atoms with Gasteiger partial charge in [-0.1, -0.05) is 0 Å².